The molecule has 72 valence electrons. The minimum absolute atomic E-state index is 0.821. The first-order valence-corrected chi connectivity index (χ1v) is 5.41. The number of halogens is 1. The summed E-state index contributed by atoms with van der Waals surface area (Å²) in [7, 11) is 0. The molecule has 14 heavy (non-hydrogen) atoms. The zero-order chi connectivity index (χ0) is 9.80. The van der Waals surface area contributed by atoms with Gasteiger partial charge in [0.15, 0.2) is 0 Å². The molecule has 0 fully saturated rings. The Morgan fingerprint density at radius 3 is 2.79 bits per heavy atom. The Hall–Kier alpha value is -0.880. The van der Waals surface area contributed by atoms with Crippen LogP contribution in [0.25, 0.3) is 11.3 Å². The molecule has 3 nitrogen and oxygen atoms in total. The molecule has 1 aromatic heterocycles. The molecule has 2 rings (SSSR count). The van der Waals surface area contributed by atoms with Crippen molar-refractivity contribution in [1.29, 1.82) is 0 Å². The molecule has 0 amide bonds. The first-order valence-electron chi connectivity index (χ1n) is 4.33. The Morgan fingerprint density at radius 1 is 1.29 bits per heavy atom. The molecule has 0 spiro atoms. The van der Waals surface area contributed by atoms with Gasteiger partial charge in [0.2, 0.25) is 0 Å². The van der Waals surface area contributed by atoms with Crippen LogP contribution in [-0.2, 0) is 6.54 Å². The first kappa shape index (κ1) is 9.67. The van der Waals surface area contributed by atoms with Crippen molar-refractivity contribution in [2.45, 2.75) is 6.54 Å². The van der Waals surface area contributed by atoms with Gasteiger partial charge in [-0.1, -0.05) is 30.3 Å². The molecule has 0 saturated heterocycles. The number of hydrogen-bond donors (Lipinski definition) is 2. The van der Waals surface area contributed by atoms with Gasteiger partial charge < -0.3 is 0 Å². The standard InChI is InChI=1S/C10H10IN3/c11-12-6-9-7-13-14-10(9)8-4-2-1-3-5-8/h1-5,7,12H,6H2,(H,13,14). The van der Waals surface area contributed by atoms with Crippen LogP contribution in [0.4, 0.5) is 0 Å². The second-order valence-electron chi connectivity index (χ2n) is 2.95. The Labute approximate surface area is 96.4 Å². The van der Waals surface area contributed by atoms with Crippen LogP contribution in [0.5, 0.6) is 0 Å². The monoisotopic (exact) mass is 299 g/mol. The maximum absolute atomic E-state index is 4.05. The molecule has 4 heteroatoms. The normalized spacial score (nSPS) is 10.4. The Bertz CT molecular complexity index is 397. The highest BCUT2D eigenvalue weighted by Crippen LogP contribution is 2.20. The number of aromatic nitrogens is 2. The summed E-state index contributed by atoms with van der Waals surface area (Å²) in [6.07, 6.45) is 1.86. The van der Waals surface area contributed by atoms with Gasteiger partial charge in [-0.2, -0.15) is 5.10 Å². The highest BCUT2D eigenvalue weighted by Gasteiger charge is 2.05. The fourth-order valence-electron chi connectivity index (χ4n) is 1.37. The highest BCUT2D eigenvalue weighted by atomic mass is 127. The summed E-state index contributed by atoms with van der Waals surface area (Å²) >= 11 is 2.13. The first-order chi connectivity index (χ1) is 6.92. The third-order valence-corrected chi connectivity index (χ3v) is 2.42. The van der Waals surface area contributed by atoms with E-state index in [1.807, 2.05) is 24.4 Å². The summed E-state index contributed by atoms with van der Waals surface area (Å²) in [6.45, 7) is 0.821. The zero-order valence-electron chi connectivity index (χ0n) is 7.50. The van der Waals surface area contributed by atoms with E-state index < -0.39 is 0 Å². The average molecular weight is 299 g/mol. The minimum Gasteiger partial charge on any atom is -0.278 e. The lowest BCUT2D eigenvalue weighted by molar-refractivity contribution is 1.02. The third-order valence-electron chi connectivity index (χ3n) is 2.04. The van der Waals surface area contributed by atoms with Gasteiger partial charge in [-0.25, -0.2) is 0 Å². The fourth-order valence-corrected chi connectivity index (χ4v) is 1.78. The molecule has 0 radical (unpaired) electrons. The van der Waals surface area contributed by atoms with E-state index in [-0.39, 0.29) is 0 Å². The Kier molecular flexibility index (Phi) is 3.15. The molecule has 2 aromatic rings. The van der Waals surface area contributed by atoms with Crippen molar-refractivity contribution in [2.75, 3.05) is 0 Å². The van der Waals surface area contributed by atoms with Crippen molar-refractivity contribution in [3.63, 3.8) is 0 Å². The van der Waals surface area contributed by atoms with Gasteiger partial charge in [-0.05, 0) is 5.56 Å². The highest BCUT2D eigenvalue weighted by molar-refractivity contribution is 14.1. The molecule has 1 heterocycles. The van der Waals surface area contributed by atoms with E-state index >= 15 is 0 Å². The predicted octanol–water partition coefficient (Wildman–Crippen LogP) is 2.52. The van der Waals surface area contributed by atoms with Crippen molar-refractivity contribution in [3.05, 3.63) is 42.1 Å². The van der Waals surface area contributed by atoms with Crippen molar-refractivity contribution in [3.8, 4) is 11.3 Å². The predicted molar refractivity (Wildman–Crippen MR) is 64.9 cm³/mol. The smallest absolute Gasteiger partial charge is 0.0695 e. The molecule has 0 atom stereocenters. The largest absolute Gasteiger partial charge is 0.278 e. The summed E-state index contributed by atoms with van der Waals surface area (Å²) in [5.74, 6) is 0. The summed E-state index contributed by atoms with van der Waals surface area (Å²) < 4.78 is 3.09. The molecule has 1 aromatic carbocycles. The second kappa shape index (κ2) is 4.56. The van der Waals surface area contributed by atoms with Crippen LogP contribution in [-0.4, -0.2) is 10.2 Å². The lowest BCUT2D eigenvalue weighted by Crippen LogP contribution is -1.97. The van der Waals surface area contributed by atoms with Crippen LogP contribution < -0.4 is 3.53 Å². The number of nitrogens with one attached hydrogen (secondary N) is 2. The van der Waals surface area contributed by atoms with Crippen molar-refractivity contribution < 1.29 is 0 Å². The lowest BCUT2D eigenvalue weighted by Gasteiger charge is -2.01. The third kappa shape index (κ3) is 1.96. The maximum atomic E-state index is 4.05. The lowest BCUT2D eigenvalue weighted by atomic mass is 10.1. The number of benzene rings is 1. The quantitative estimate of drug-likeness (QED) is 0.675. The number of aromatic amines is 1. The number of nitrogens with zero attached hydrogens (tertiary/aromatic N) is 1. The van der Waals surface area contributed by atoms with Gasteiger partial charge in [0.25, 0.3) is 0 Å². The molecule has 0 unspecified atom stereocenters. The topological polar surface area (TPSA) is 40.7 Å². The Balaban J connectivity index is 2.37. The van der Waals surface area contributed by atoms with Crippen LogP contribution in [0, 0.1) is 0 Å². The average Bonchev–Trinajstić information content (AvgIpc) is 2.68. The second-order valence-corrected chi connectivity index (χ2v) is 3.71. The molecule has 0 saturated carbocycles. The minimum atomic E-state index is 0.821. The summed E-state index contributed by atoms with van der Waals surface area (Å²) in [5, 5.41) is 7.06. The van der Waals surface area contributed by atoms with E-state index in [4.69, 9.17) is 0 Å². The molecule has 0 aliphatic rings. The molecular formula is C10H10IN3. The van der Waals surface area contributed by atoms with Gasteiger partial charge in [0.1, 0.15) is 0 Å². The van der Waals surface area contributed by atoms with Crippen molar-refractivity contribution in [2.24, 2.45) is 0 Å². The van der Waals surface area contributed by atoms with Crippen molar-refractivity contribution in [1.82, 2.24) is 13.7 Å². The van der Waals surface area contributed by atoms with E-state index in [1.54, 1.807) is 0 Å². The SMILES string of the molecule is INCc1cn[nH]c1-c1ccccc1. The Morgan fingerprint density at radius 2 is 2.07 bits per heavy atom. The van der Waals surface area contributed by atoms with Crippen LogP contribution in [0.2, 0.25) is 0 Å². The number of H-pyrrole nitrogens is 1. The van der Waals surface area contributed by atoms with Crippen LogP contribution in [0.15, 0.2) is 36.5 Å². The molecule has 2 N–H and O–H groups in total. The van der Waals surface area contributed by atoms with Crippen molar-refractivity contribution >= 4 is 22.9 Å². The van der Waals surface area contributed by atoms with E-state index in [0.29, 0.717) is 0 Å². The van der Waals surface area contributed by atoms with Gasteiger partial charge in [0, 0.05) is 35.0 Å². The van der Waals surface area contributed by atoms with Crippen LogP contribution in [0.3, 0.4) is 0 Å². The molecule has 0 aliphatic heterocycles. The molecule has 0 bridgehead atoms. The number of rotatable bonds is 3. The summed E-state index contributed by atoms with van der Waals surface area (Å²) in [4.78, 5) is 0. The zero-order valence-corrected chi connectivity index (χ0v) is 9.65. The van der Waals surface area contributed by atoms with E-state index in [0.717, 1.165) is 12.2 Å². The fraction of sp³-hybridized carbons (Fsp3) is 0.100. The van der Waals surface area contributed by atoms with Gasteiger partial charge in [-0.3, -0.25) is 8.63 Å². The van der Waals surface area contributed by atoms with Gasteiger partial charge in [0.05, 0.1) is 11.9 Å². The molecule has 0 aliphatic carbocycles. The van der Waals surface area contributed by atoms with Gasteiger partial charge in [-0.15, -0.1) is 0 Å². The van der Waals surface area contributed by atoms with E-state index in [1.165, 1.54) is 11.1 Å². The van der Waals surface area contributed by atoms with Crippen LogP contribution in [0.1, 0.15) is 5.56 Å². The molecular weight excluding hydrogens is 289 g/mol. The van der Waals surface area contributed by atoms with E-state index in [9.17, 15) is 0 Å². The van der Waals surface area contributed by atoms with Crippen LogP contribution >= 0.6 is 22.9 Å². The summed E-state index contributed by atoms with van der Waals surface area (Å²) in [5.41, 5.74) is 3.45. The van der Waals surface area contributed by atoms with E-state index in [2.05, 4.69) is 48.7 Å². The summed E-state index contributed by atoms with van der Waals surface area (Å²) in [6, 6.07) is 10.2. The maximum Gasteiger partial charge on any atom is 0.0695 e. The van der Waals surface area contributed by atoms with Gasteiger partial charge >= 0.3 is 0 Å². The number of hydrogen-bond acceptors (Lipinski definition) is 2.